The van der Waals surface area contributed by atoms with E-state index in [0.29, 0.717) is 0 Å². The van der Waals surface area contributed by atoms with Crippen molar-refractivity contribution in [2.45, 2.75) is 25.3 Å². The van der Waals surface area contributed by atoms with E-state index in [1.807, 2.05) is 0 Å². The van der Waals surface area contributed by atoms with Gasteiger partial charge in [-0.25, -0.2) is 0 Å². The monoisotopic (exact) mass is 231 g/mol. The second-order valence-electron chi connectivity index (χ2n) is 4.50. The molecule has 1 heterocycles. The third kappa shape index (κ3) is 1.51. The van der Waals surface area contributed by atoms with Crippen LogP contribution in [-0.2, 0) is 6.42 Å². The Labute approximate surface area is 97.8 Å². The SMILES string of the molecule is N[C@@H]1CCCc2c1[nH]c1ccc([N+](=O)[O-])cc21. The van der Waals surface area contributed by atoms with Crippen molar-refractivity contribution in [2.24, 2.45) is 5.73 Å². The number of hydrogen-bond donors (Lipinski definition) is 2. The van der Waals surface area contributed by atoms with E-state index in [2.05, 4.69) is 4.98 Å². The zero-order valence-electron chi connectivity index (χ0n) is 9.27. The third-order valence-electron chi connectivity index (χ3n) is 3.45. The van der Waals surface area contributed by atoms with Gasteiger partial charge in [0.25, 0.3) is 5.69 Å². The van der Waals surface area contributed by atoms with Gasteiger partial charge in [0.15, 0.2) is 0 Å². The molecule has 0 unspecified atom stereocenters. The molecule has 0 bridgehead atoms. The molecule has 0 saturated heterocycles. The Bertz CT molecular complexity index is 603. The molecule has 5 heteroatoms. The van der Waals surface area contributed by atoms with Crippen LogP contribution >= 0.6 is 0 Å². The zero-order valence-corrected chi connectivity index (χ0v) is 9.27. The molecule has 0 radical (unpaired) electrons. The van der Waals surface area contributed by atoms with Crippen LogP contribution in [0.3, 0.4) is 0 Å². The minimum absolute atomic E-state index is 0.0326. The smallest absolute Gasteiger partial charge is 0.270 e. The number of hydrogen-bond acceptors (Lipinski definition) is 3. The average Bonchev–Trinajstić information content (AvgIpc) is 2.68. The Balaban J connectivity index is 2.25. The Hall–Kier alpha value is -1.88. The van der Waals surface area contributed by atoms with Gasteiger partial charge in [-0.05, 0) is 30.9 Å². The van der Waals surface area contributed by atoms with Crippen LogP contribution in [0, 0.1) is 10.1 Å². The molecule has 0 aliphatic heterocycles. The first-order valence-electron chi connectivity index (χ1n) is 5.71. The van der Waals surface area contributed by atoms with Crippen LogP contribution < -0.4 is 5.73 Å². The summed E-state index contributed by atoms with van der Waals surface area (Å²) in [4.78, 5) is 13.7. The molecule has 17 heavy (non-hydrogen) atoms. The summed E-state index contributed by atoms with van der Waals surface area (Å²) in [6, 6.07) is 4.96. The maximum absolute atomic E-state index is 10.8. The van der Waals surface area contributed by atoms with E-state index in [1.54, 1.807) is 12.1 Å². The molecule has 5 nitrogen and oxygen atoms in total. The standard InChI is InChI=1S/C12H13N3O2/c13-10-3-1-2-8-9-6-7(15(16)17)4-5-11(9)14-12(8)10/h4-6,10,14H,1-3,13H2/t10-/m1/s1. The minimum Gasteiger partial charge on any atom is -0.357 e. The Morgan fingerprint density at radius 1 is 1.47 bits per heavy atom. The molecule has 1 atom stereocenters. The molecule has 2 aromatic rings. The second-order valence-corrected chi connectivity index (χ2v) is 4.50. The topological polar surface area (TPSA) is 85.0 Å². The predicted octanol–water partition coefficient (Wildman–Crippen LogP) is 2.41. The number of H-pyrrole nitrogens is 1. The van der Waals surface area contributed by atoms with E-state index in [-0.39, 0.29) is 16.7 Å². The van der Waals surface area contributed by atoms with Gasteiger partial charge < -0.3 is 10.7 Å². The molecular formula is C12H13N3O2. The number of nitrogens with two attached hydrogens (primary N) is 1. The fraction of sp³-hybridized carbons (Fsp3) is 0.333. The van der Waals surface area contributed by atoms with Gasteiger partial charge in [-0.15, -0.1) is 0 Å². The normalized spacial score (nSPS) is 19.2. The summed E-state index contributed by atoms with van der Waals surface area (Å²) in [5, 5.41) is 11.7. The zero-order chi connectivity index (χ0) is 12.0. The number of fused-ring (bicyclic) bond motifs is 3. The number of nitro benzene ring substituents is 1. The van der Waals surface area contributed by atoms with Crippen molar-refractivity contribution in [3.05, 3.63) is 39.6 Å². The summed E-state index contributed by atoms with van der Waals surface area (Å²) in [6.45, 7) is 0. The molecule has 88 valence electrons. The fourth-order valence-electron chi connectivity index (χ4n) is 2.60. The van der Waals surface area contributed by atoms with E-state index in [1.165, 1.54) is 6.07 Å². The predicted molar refractivity (Wildman–Crippen MR) is 64.8 cm³/mol. The van der Waals surface area contributed by atoms with Crippen molar-refractivity contribution in [1.82, 2.24) is 4.98 Å². The van der Waals surface area contributed by atoms with E-state index >= 15 is 0 Å². The lowest BCUT2D eigenvalue weighted by atomic mass is 9.92. The highest BCUT2D eigenvalue weighted by molar-refractivity contribution is 5.87. The maximum Gasteiger partial charge on any atom is 0.270 e. The molecule has 1 aromatic carbocycles. The van der Waals surface area contributed by atoms with E-state index < -0.39 is 0 Å². The maximum atomic E-state index is 10.8. The summed E-state index contributed by atoms with van der Waals surface area (Å²) in [6.07, 6.45) is 2.97. The molecule has 1 aromatic heterocycles. The van der Waals surface area contributed by atoms with Crippen LogP contribution in [-0.4, -0.2) is 9.91 Å². The first-order chi connectivity index (χ1) is 8.16. The number of aromatic nitrogens is 1. The van der Waals surface area contributed by atoms with Crippen LogP contribution in [0.15, 0.2) is 18.2 Å². The largest absolute Gasteiger partial charge is 0.357 e. The first kappa shape index (κ1) is 10.3. The number of non-ortho nitro benzene ring substituents is 1. The van der Waals surface area contributed by atoms with Crippen molar-refractivity contribution in [3.8, 4) is 0 Å². The van der Waals surface area contributed by atoms with E-state index in [4.69, 9.17) is 5.73 Å². The molecule has 3 N–H and O–H groups in total. The highest BCUT2D eigenvalue weighted by atomic mass is 16.6. The van der Waals surface area contributed by atoms with Crippen molar-refractivity contribution in [1.29, 1.82) is 0 Å². The number of nitrogens with one attached hydrogen (secondary N) is 1. The van der Waals surface area contributed by atoms with Gasteiger partial charge in [0.05, 0.1) is 4.92 Å². The molecule has 0 amide bonds. The quantitative estimate of drug-likeness (QED) is 0.583. The Morgan fingerprint density at radius 3 is 3.06 bits per heavy atom. The Morgan fingerprint density at radius 2 is 2.29 bits per heavy atom. The summed E-state index contributed by atoms with van der Waals surface area (Å²) >= 11 is 0. The molecule has 1 aliphatic rings. The first-order valence-corrected chi connectivity index (χ1v) is 5.71. The lowest BCUT2D eigenvalue weighted by Gasteiger charge is -2.18. The van der Waals surface area contributed by atoms with Crippen molar-refractivity contribution in [3.63, 3.8) is 0 Å². The highest BCUT2D eigenvalue weighted by Gasteiger charge is 2.22. The summed E-state index contributed by atoms with van der Waals surface area (Å²) in [7, 11) is 0. The molecule has 0 saturated carbocycles. The van der Waals surface area contributed by atoms with E-state index in [0.717, 1.165) is 41.4 Å². The van der Waals surface area contributed by atoms with E-state index in [9.17, 15) is 10.1 Å². The summed E-state index contributed by atoms with van der Waals surface area (Å²) in [5.74, 6) is 0. The van der Waals surface area contributed by atoms with Gasteiger partial charge in [0, 0.05) is 34.8 Å². The minimum atomic E-state index is -0.360. The molecule has 0 spiro atoms. The number of nitrogens with zero attached hydrogens (tertiary/aromatic N) is 1. The highest BCUT2D eigenvalue weighted by Crippen LogP contribution is 2.34. The Kier molecular flexibility index (Phi) is 2.16. The van der Waals surface area contributed by atoms with Crippen LogP contribution in [0.5, 0.6) is 0 Å². The summed E-state index contributed by atoms with van der Waals surface area (Å²) in [5.41, 5.74) is 9.33. The van der Waals surface area contributed by atoms with Crippen LogP contribution in [0.2, 0.25) is 0 Å². The van der Waals surface area contributed by atoms with Crippen LogP contribution in [0.1, 0.15) is 30.1 Å². The van der Waals surface area contributed by atoms with Gasteiger partial charge in [-0.1, -0.05) is 0 Å². The lowest BCUT2D eigenvalue weighted by molar-refractivity contribution is -0.384. The molecule has 3 rings (SSSR count). The third-order valence-corrected chi connectivity index (χ3v) is 3.45. The average molecular weight is 231 g/mol. The van der Waals surface area contributed by atoms with Gasteiger partial charge in [-0.2, -0.15) is 0 Å². The summed E-state index contributed by atoms with van der Waals surface area (Å²) < 4.78 is 0. The second kappa shape index (κ2) is 3.56. The molecule has 0 fully saturated rings. The number of aromatic amines is 1. The van der Waals surface area contributed by atoms with Crippen LogP contribution in [0.4, 0.5) is 5.69 Å². The van der Waals surface area contributed by atoms with Crippen molar-refractivity contribution >= 4 is 16.6 Å². The van der Waals surface area contributed by atoms with Gasteiger partial charge in [0.2, 0.25) is 0 Å². The van der Waals surface area contributed by atoms with Crippen molar-refractivity contribution in [2.75, 3.05) is 0 Å². The van der Waals surface area contributed by atoms with Gasteiger partial charge in [0.1, 0.15) is 0 Å². The van der Waals surface area contributed by atoms with Gasteiger partial charge >= 0.3 is 0 Å². The molecule has 1 aliphatic carbocycles. The number of benzene rings is 1. The fourth-order valence-corrected chi connectivity index (χ4v) is 2.60. The van der Waals surface area contributed by atoms with Crippen LogP contribution in [0.25, 0.3) is 10.9 Å². The van der Waals surface area contributed by atoms with Crippen molar-refractivity contribution < 1.29 is 4.92 Å². The number of nitro groups is 1. The van der Waals surface area contributed by atoms with Gasteiger partial charge in [-0.3, -0.25) is 10.1 Å². The number of rotatable bonds is 1. The lowest BCUT2D eigenvalue weighted by Crippen LogP contribution is -2.16. The molecular weight excluding hydrogens is 218 g/mol. The number of aryl methyl sites for hydroxylation is 1.